The lowest BCUT2D eigenvalue weighted by atomic mass is 9.94. The molecule has 0 spiro atoms. The van der Waals surface area contributed by atoms with Crippen LogP contribution in [0, 0.1) is 11.7 Å². The molecule has 0 amide bonds. The first-order chi connectivity index (χ1) is 9.63. The second kappa shape index (κ2) is 6.85. The summed E-state index contributed by atoms with van der Waals surface area (Å²) in [6, 6.07) is 11.5. The number of nitrogens with one attached hydrogen (secondary N) is 1. The molecule has 0 bridgehead atoms. The molecule has 2 aromatic rings. The number of hydrogen-bond donors (Lipinski definition) is 1. The number of hydrogen-bond acceptors (Lipinski definition) is 1. The van der Waals surface area contributed by atoms with Gasteiger partial charge in [-0.3, -0.25) is 0 Å². The molecule has 0 saturated carbocycles. The van der Waals surface area contributed by atoms with Crippen LogP contribution in [-0.2, 0) is 0 Å². The van der Waals surface area contributed by atoms with E-state index in [1.165, 1.54) is 18.4 Å². The van der Waals surface area contributed by atoms with Crippen molar-refractivity contribution >= 4 is 10.8 Å². The summed E-state index contributed by atoms with van der Waals surface area (Å²) in [4.78, 5) is 0. The lowest BCUT2D eigenvalue weighted by Gasteiger charge is -2.19. The molecule has 2 heteroatoms. The first kappa shape index (κ1) is 15.0. The van der Waals surface area contributed by atoms with Gasteiger partial charge in [0.05, 0.1) is 0 Å². The third kappa shape index (κ3) is 3.37. The number of rotatable bonds is 6. The van der Waals surface area contributed by atoms with Crippen molar-refractivity contribution in [3.05, 3.63) is 47.8 Å². The van der Waals surface area contributed by atoms with Crippen LogP contribution in [-0.4, -0.2) is 7.05 Å². The number of halogens is 1. The van der Waals surface area contributed by atoms with Gasteiger partial charge in [-0.2, -0.15) is 0 Å². The molecule has 1 unspecified atom stereocenters. The Labute approximate surface area is 121 Å². The van der Waals surface area contributed by atoms with Crippen LogP contribution >= 0.6 is 0 Å². The Hall–Kier alpha value is -1.41. The Balaban J connectivity index is 2.28. The monoisotopic (exact) mass is 273 g/mol. The summed E-state index contributed by atoms with van der Waals surface area (Å²) in [5, 5.41) is 5.12. The van der Waals surface area contributed by atoms with E-state index in [-0.39, 0.29) is 5.82 Å². The van der Waals surface area contributed by atoms with Gasteiger partial charge in [0, 0.05) is 11.4 Å². The van der Waals surface area contributed by atoms with Gasteiger partial charge in [-0.1, -0.05) is 57.0 Å². The molecule has 108 valence electrons. The molecule has 0 aromatic heterocycles. The van der Waals surface area contributed by atoms with Crippen LogP contribution in [0.5, 0.6) is 0 Å². The average Bonchev–Trinajstić information content (AvgIpc) is 2.45. The summed E-state index contributed by atoms with van der Waals surface area (Å²) >= 11 is 0. The summed E-state index contributed by atoms with van der Waals surface area (Å²) in [6.07, 6.45) is 3.51. The van der Waals surface area contributed by atoms with E-state index < -0.39 is 0 Å². The maximum atomic E-state index is 13.9. The molecular formula is C18H24FN. The van der Waals surface area contributed by atoms with Crippen LogP contribution in [0.25, 0.3) is 10.8 Å². The number of fused-ring (bicyclic) bond motifs is 1. The molecule has 20 heavy (non-hydrogen) atoms. The molecule has 0 aliphatic heterocycles. The van der Waals surface area contributed by atoms with Gasteiger partial charge >= 0.3 is 0 Å². The van der Waals surface area contributed by atoms with Crippen molar-refractivity contribution < 1.29 is 4.39 Å². The van der Waals surface area contributed by atoms with E-state index in [9.17, 15) is 4.39 Å². The van der Waals surface area contributed by atoms with Crippen LogP contribution in [0.3, 0.4) is 0 Å². The summed E-state index contributed by atoms with van der Waals surface area (Å²) in [5.41, 5.74) is 1.20. The summed E-state index contributed by atoms with van der Waals surface area (Å²) < 4.78 is 13.9. The van der Waals surface area contributed by atoms with Crippen LogP contribution in [0.2, 0.25) is 0 Å². The van der Waals surface area contributed by atoms with Crippen LogP contribution in [0.15, 0.2) is 36.4 Å². The lowest BCUT2D eigenvalue weighted by Crippen LogP contribution is -2.17. The predicted molar refractivity (Wildman–Crippen MR) is 84.4 cm³/mol. The SMILES string of the molecule is CNC(CCCC(C)C)c1ccc(F)c2ccccc12. The normalized spacial score (nSPS) is 13.1. The molecule has 1 N–H and O–H groups in total. The highest BCUT2D eigenvalue weighted by molar-refractivity contribution is 5.86. The van der Waals surface area contributed by atoms with Gasteiger partial charge in [-0.25, -0.2) is 4.39 Å². The fourth-order valence-corrected chi connectivity index (χ4v) is 2.78. The lowest BCUT2D eigenvalue weighted by molar-refractivity contribution is 0.472. The van der Waals surface area contributed by atoms with Gasteiger partial charge in [0.15, 0.2) is 0 Å². The molecule has 2 aromatic carbocycles. The summed E-state index contributed by atoms with van der Waals surface area (Å²) in [5.74, 6) is 0.596. The fourth-order valence-electron chi connectivity index (χ4n) is 2.78. The third-order valence-corrected chi connectivity index (χ3v) is 3.90. The van der Waals surface area contributed by atoms with Crippen molar-refractivity contribution in [1.82, 2.24) is 5.32 Å². The molecule has 0 aliphatic carbocycles. The summed E-state index contributed by atoms with van der Waals surface area (Å²) in [6.45, 7) is 4.50. The molecule has 2 rings (SSSR count). The third-order valence-electron chi connectivity index (χ3n) is 3.90. The van der Waals surface area contributed by atoms with E-state index in [2.05, 4.69) is 19.2 Å². The highest BCUT2D eigenvalue weighted by Crippen LogP contribution is 2.29. The quantitative estimate of drug-likeness (QED) is 0.775. The minimum absolute atomic E-state index is 0.138. The second-order valence-electron chi connectivity index (χ2n) is 5.85. The minimum Gasteiger partial charge on any atom is -0.313 e. The average molecular weight is 273 g/mol. The fraction of sp³-hybridized carbons (Fsp3) is 0.444. The minimum atomic E-state index is -0.138. The van der Waals surface area contributed by atoms with E-state index in [4.69, 9.17) is 0 Å². The van der Waals surface area contributed by atoms with Crippen molar-refractivity contribution in [2.75, 3.05) is 7.05 Å². The van der Waals surface area contributed by atoms with Gasteiger partial charge in [0.25, 0.3) is 0 Å². The van der Waals surface area contributed by atoms with E-state index in [0.717, 1.165) is 17.7 Å². The molecule has 1 atom stereocenters. The van der Waals surface area contributed by atoms with Crippen molar-refractivity contribution in [3.63, 3.8) is 0 Å². The zero-order valence-corrected chi connectivity index (χ0v) is 12.6. The van der Waals surface area contributed by atoms with E-state index >= 15 is 0 Å². The molecule has 0 heterocycles. The van der Waals surface area contributed by atoms with Crippen molar-refractivity contribution in [2.24, 2.45) is 5.92 Å². The van der Waals surface area contributed by atoms with Gasteiger partial charge in [-0.05, 0) is 36.4 Å². The van der Waals surface area contributed by atoms with E-state index in [1.54, 1.807) is 6.07 Å². The highest BCUT2D eigenvalue weighted by Gasteiger charge is 2.14. The van der Waals surface area contributed by atoms with Crippen LogP contribution in [0.4, 0.5) is 4.39 Å². The topological polar surface area (TPSA) is 12.0 Å². The maximum absolute atomic E-state index is 13.9. The second-order valence-corrected chi connectivity index (χ2v) is 5.85. The van der Waals surface area contributed by atoms with E-state index in [0.29, 0.717) is 11.4 Å². The Bertz CT molecular complexity index is 562. The largest absolute Gasteiger partial charge is 0.313 e. The van der Waals surface area contributed by atoms with Crippen molar-refractivity contribution in [3.8, 4) is 0 Å². The molecular weight excluding hydrogens is 249 g/mol. The highest BCUT2D eigenvalue weighted by atomic mass is 19.1. The van der Waals surface area contributed by atoms with Crippen LogP contribution < -0.4 is 5.32 Å². The number of benzene rings is 2. The van der Waals surface area contributed by atoms with Gasteiger partial charge in [0.2, 0.25) is 0 Å². The van der Waals surface area contributed by atoms with Crippen molar-refractivity contribution in [2.45, 2.75) is 39.2 Å². The Morgan fingerprint density at radius 3 is 2.35 bits per heavy atom. The molecule has 0 saturated heterocycles. The Kier molecular flexibility index (Phi) is 5.13. The zero-order chi connectivity index (χ0) is 14.5. The molecule has 1 nitrogen and oxygen atoms in total. The standard InChI is InChI=1S/C18H24FN/c1-13(2)7-6-10-18(20-3)16-11-12-17(19)15-9-5-4-8-14(15)16/h4-5,8-9,11-13,18,20H,6-7,10H2,1-3H3. The first-order valence-corrected chi connectivity index (χ1v) is 7.48. The smallest absolute Gasteiger partial charge is 0.131 e. The molecule has 0 radical (unpaired) electrons. The Morgan fingerprint density at radius 2 is 1.70 bits per heavy atom. The first-order valence-electron chi connectivity index (χ1n) is 7.48. The summed E-state index contributed by atoms with van der Waals surface area (Å²) in [7, 11) is 1.98. The predicted octanol–water partition coefficient (Wildman–Crippen LogP) is 5.07. The molecule has 0 fully saturated rings. The maximum Gasteiger partial charge on any atom is 0.131 e. The van der Waals surface area contributed by atoms with Gasteiger partial charge in [-0.15, -0.1) is 0 Å². The van der Waals surface area contributed by atoms with Gasteiger partial charge < -0.3 is 5.32 Å². The zero-order valence-electron chi connectivity index (χ0n) is 12.6. The van der Waals surface area contributed by atoms with Crippen LogP contribution in [0.1, 0.15) is 44.7 Å². The van der Waals surface area contributed by atoms with Gasteiger partial charge in [0.1, 0.15) is 5.82 Å². The Morgan fingerprint density at radius 1 is 1.00 bits per heavy atom. The molecule has 0 aliphatic rings. The van der Waals surface area contributed by atoms with E-state index in [1.807, 2.05) is 37.4 Å². The van der Waals surface area contributed by atoms with Crippen molar-refractivity contribution in [1.29, 1.82) is 0 Å².